The van der Waals surface area contributed by atoms with Crippen molar-refractivity contribution in [2.75, 3.05) is 20.3 Å². The minimum atomic E-state index is -0.439. The summed E-state index contributed by atoms with van der Waals surface area (Å²) in [4.78, 5) is 31.0. The minimum Gasteiger partial charge on any atom is -0.493 e. The number of amides is 1. The second-order valence-corrected chi connectivity index (χ2v) is 10.7. The number of aryl methyl sites for hydroxylation is 1. The van der Waals surface area contributed by atoms with E-state index in [4.69, 9.17) is 19.2 Å². The highest BCUT2D eigenvalue weighted by molar-refractivity contribution is 14.1. The number of rotatable bonds is 10. The SMILES string of the molecule is CCOC(=O)COc1c(I)cc(C=Nc2sc3c(c2C(=O)NCc2ccccc2)CCCC3)cc1OC. The first-order chi connectivity index (χ1) is 18.0. The van der Waals surface area contributed by atoms with E-state index in [-0.39, 0.29) is 12.5 Å². The second kappa shape index (κ2) is 13.0. The Bertz CT molecular complexity index is 1290. The third kappa shape index (κ3) is 6.89. The number of nitrogens with one attached hydrogen (secondary N) is 1. The van der Waals surface area contributed by atoms with Gasteiger partial charge in [-0.3, -0.25) is 4.79 Å². The molecule has 1 heterocycles. The van der Waals surface area contributed by atoms with Crippen LogP contribution in [-0.4, -0.2) is 38.4 Å². The van der Waals surface area contributed by atoms with Crippen molar-refractivity contribution in [3.05, 3.63) is 73.2 Å². The number of methoxy groups -OCH3 is 1. The van der Waals surface area contributed by atoms with Crippen LogP contribution in [0.2, 0.25) is 0 Å². The van der Waals surface area contributed by atoms with Crippen molar-refractivity contribution < 1.29 is 23.8 Å². The van der Waals surface area contributed by atoms with E-state index in [1.54, 1.807) is 37.7 Å². The summed E-state index contributed by atoms with van der Waals surface area (Å²) in [6, 6.07) is 13.6. The van der Waals surface area contributed by atoms with Gasteiger partial charge in [-0.1, -0.05) is 30.3 Å². The molecule has 37 heavy (non-hydrogen) atoms. The van der Waals surface area contributed by atoms with Crippen molar-refractivity contribution in [2.24, 2.45) is 4.99 Å². The Labute approximate surface area is 234 Å². The molecule has 0 bridgehead atoms. The fourth-order valence-corrected chi connectivity index (χ4v) is 6.18. The van der Waals surface area contributed by atoms with Crippen LogP contribution in [0.15, 0.2) is 47.5 Å². The maximum Gasteiger partial charge on any atom is 0.344 e. The lowest BCUT2D eigenvalue weighted by atomic mass is 9.95. The van der Waals surface area contributed by atoms with Gasteiger partial charge in [-0.05, 0) is 84.0 Å². The highest BCUT2D eigenvalue weighted by atomic mass is 127. The molecular weight excluding hydrogens is 603 g/mol. The number of fused-ring (bicyclic) bond motifs is 1. The molecule has 3 aromatic rings. The minimum absolute atomic E-state index is 0.0923. The van der Waals surface area contributed by atoms with Gasteiger partial charge in [0, 0.05) is 17.6 Å². The molecule has 9 heteroatoms. The molecule has 0 spiro atoms. The molecule has 1 amide bonds. The number of hydrogen-bond acceptors (Lipinski definition) is 7. The Kier molecular flexibility index (Phi) is 9.56. The van der Waals surface area contributed by atoms with Gasteiger partial charge in [0.05, 0.1) is 22.9 Å². The van der Waals surface area contributed by atoms with E-state index in [1.165, 1.54) is 4.88 Å². The number of halogens is 1. The highest BCUT2D eigenvalue weighted by Crippen LogP contribution is 2.40. The molecule has 4 rings (SSSR count). The summed E-state index contributed by atoms with van der Waals surface area (Å²) >= 11 is 3.74. The van der Waals surface area contributed by atoms with Crippen molar-refractivity contribution >= 4 is 57.0 Å². The largest absolute Gasteiger partial charge is 0.493 e. The average molecular weight is 633 g/mol. The number of nitrogens with zero attached hydrogens (tertiary/aromatic N) is 1. The lowest BCUT2D eigenvalue weighted by molar-refractivity contribution is -0.145. The molecular formula is C28H29IN2O5S. The smallest absolute Gasteiger partial charge is 0.344 e. The average Bonchev–Trinajstić information content (AvgIpc) is 3.29. The Morgan fingerprint density at radius 2 is 1.95 bits per heavy atom. The maximum absolute atomic E-state index is 13.3. The van der Waals surface area contributed by atoms with Crippen LogP contribution in [0.1, 0.15) is 51.7 Å². The third-order valence-corrected chi connectivity index (χ3v) is 7.90. The van der Waals surface area contributed by atoms with E-state index in [1.807, 2.05) is 36.4 Å². The lowest BCUT2D eigenvalue weighted by Gasteiger charge is -2.13. The predicted molar refractivity (Wildman–Crippen MR) is 154 cm³/mol. The van der Waals surface area contributed by atoms with Gasteiger partial charge in [0.15, 0.2) is 18.1 Å². The quantitative estimate of drug-likeness (QED) is 0.172. The lowest BCUT2D eigenvalue weighted by Crippen LogP contribution is -2.24. The topological polar surface area (TPSA) is 86.2 Å². The van der Waals surface area contributed by atoms with Gasteiger partial charge < -0.3 is 19.5 Å². The van der Waals surface area contributed by atoms with Crippen molar-refractivity contribution in [1.82, 2.24) is 5.32 Å². The first-order valence-corrected chi connectivity index (χ1v) is 14.1. The van der Waals surface area contributed by atoms with Crippen LogP contribution < -0.4 is 14.8 Å². The Morgan fingerprint density at radius 1 is 1.16 bits per heavy atom. The number of carbonyl (C=O) groups is 2. The first kappa shape index (κ1) is 27.1. The summed E-state index contributed by atoms with van der Waals surface area (Å²) in [5.74, 6) is 0.431. The van der Waals surface area contributed by atoms with Gasteiger partial charge in [-0.2, -0.15) is 0 Å². The molecule has 1 aliphatic carbocycles. The fraction of sp³-hybridized carbons (Fsp3) is 0.321. The van der Waals surface area contributed by atoms with Crippen LogP contribution in [0.4, 0.5) is 5.00 Å². The number of benzene rings is 2. The molecule has 2 aromatic carbocycles. The number of hydrogen-bond donors (Lipinski definition) is 1. The summed E-state index contributed by atoms with van der Waals surface area (Å²) < 4.78 is 16.9. The zero-order valence-corrected chi connectivity index (χ0v) is 23.8. The molecule has 194 valence electrons. The van der Waals surface area contributed by atoms with Gasteiger partial charge >= 0.3 is 5.97 Å². The molecule has 0 radical (unpaired) electrons. The Balaban J connectivity index is 1.57. The summed E-state index contributed by atoms with van der Waals surface area (Å²) in [6.07, 6.45) is 5.82. The van der Waals surface area contributed by atoms with Gasteiger partial charge in [0.25, 0.3) is 5.91 Å². The molecule has 1 N–H and O–H groups in total. The van der Waals surface area contributed by atoms with Gasteiger partial charge in [-0.25, -0.2) is 9.79 Å². The standard InChI is InChI=1S/C28H29IN2O5S/c1-3-35-24(32)17-36-26-21(29)13-19(14-22(26)34-2)16-31-28-25(20-11-7-8-12-23(20)37-28)27(33)30-15-18-9-5-4-6-10-18/h4-6,9-10,13-14,16H,3,7-8,11-12,15,17H2,1-2H3,(H,30,33). The second-order valence-electron chi connectivity index (χ2n) is 8.45. The summed E-state index contributed by atoms with van der Waals surface area (Å²) in [5.41, 5.74) is 3.66. The van der Waals surface area contributed by atoms with E-state index in [2.05, 4.69) is 27.9 Å². The van der Waals surface area contributed by atoms with E-state index >= 15 is 0 Å². The number of esters is 1. The predicted octanol–water partition coefficient (Wildman–Crippen LogP) is 5.86. The van der Waals surface area contributed by atoms with Crippen LogP contribution in [0.3, 0.4) is 0 Å². The first-order valence-electron chi connectivity index (χ1n) is 12.2. The monoisotopic (exact) mass is 632 g/mol. The highest BCUT2D eigenvalue weighted by Gasteiger charge is 2.25. The van der Waals surface area contributed by atoms with Crippen molar-refractivity contribution in [2.45, 2.75) is 39.2 Å². The van der Waals surface area contributed by atoms with Crippen molar-refractivity contribution in [1.29, 1.82) is 0 Å². The Hall–Kier alpha value is -2.92. The molecule has 1 aromatic heterocycles. The maximum atomic E-state index is 13.3. The van der Waals surface area contributed by atoms with Gasteiger partial charge in [-0.15, -0.1) is 11.3 Å². The summed E-state index contributed by atoms with van der Waals surface area (Å²) in [7, 11) is 1.55. The molecule has 0 saturated heterocycles. The fourth-order valence-electron chi connectivity index (χ4n) is 4.16. The number of aliphatic imine (C=N–C) groups is 1. The third-order valence-electron chi connectivity index (χ3n) is 5.90. The van der Waals surface area contributed by atoms with Gasteiger partial charge in [0.2, 0.25) is 0 Å². The van der Waals surface area contributed by atoms with E-state index in [0.717, 1.165) is 45.9 Å². The molecule has 0 unspecified atom stereocenters. The number of carbonyl (C=O) groups excluding carboxylic acids is 2. The number of ether oxygens (including phenoxy) is 3. The van der Waals surface area contributed by atoms with Crippen molar-refractivity contribution in [3.63, 3.8) is 0 Å². The van der Waals surface area contributed by atoms with Crippen LogP contribution >= 0.6 is 33.9 Å². The van der Waals surface area contributed by atoms with E-state index in [9.17, 15) is 9.59 Å². The van der Waals surface area contributed by atoms with Crippen LogP contribution in [-0.2, 0) is 28.9 Å². The molecule has 1 aliphatic rings. The van der Waals surface area contributed by atoms with Crippen LogP contribution in [0, 0.1) is 3.57 Å². The number of thiophene rings is 1. The van der Waals surface area contributed by atoms with Crippen LogP contribution in [0.25, 0.3) is 0 Å². The Morgan fingerprint density at radius 3 is 2.70 bits per heavy atom. The van der Waals surface area contributed by atoms with E-state index in [0.29, 0.717) is 35.2 Å². The summed E-state index contributed by atoms with van der Waals surface area (Å²) in [5, 5.41) is 3.79. The van der Waals surface area contributed by atoms with E-state index < -0.39 is 5.97 Å². The molecule has 0 saturated carbocycles. The molecule has 0 fully saturated rings. The van der Waals surface area contributed by atoms with Gasteiger partial charge in [0.1, 0.15) is 5.00 Å². The summed E-state index contributed by atoms with van der Waals surface area (Å²) in [6.45, 7) is 2.31. The normalized spacial score (nSPS) is 12.7. The van der Waals surface area contributed by atoms with Crippen molar-refractivity contribution in [3.8, 4) is 11.5 Å². The zero-order valence-electron chi connectivity index (χ0n) is 20.8. The molecule has 0 aliphatic heterocycles. The molecule has 0 atom stereocenters. The van der Waals surface area contributed by atoms with Crippen LogP contribution in [0.5, 0.6) is 11.5 Å². The zero-order chi connectivity index (χ0) is 26.2. The molecule has 7 nitrogen and oxygen atoms in total.